The Kier molecular flexibility index (Phi) is 4.17. The van der Waals surface area contributed by atoms with E-state index in [0.717, 1.165) is 12.1 Å². The average Bonchev–Trinajstić information content (AvgIpc) is 2.72. The van der Waals surface area contributed by atoms with E-state index in [1.54, 1.807) is 0 Å². The maximum absolute atomic E-state index is 3.81. The number of nitrogens with one attached hydrogen (secondary N) is 1. The molecule has 1 heteroatoms. The number of hydrogen-bond donors (Lipinski definition) is 1. The second kappa shape index (κ2) is 5.40. The van der Waals surface area contributed by atoms with Crippen molar-refractivity contribution in [1.82, 2.24) is 4.98 Å². The number of allylic oxidation sites excluding steroid dienone is 3. The third-order valence-corrected chi connectivity index (χ3v) is 2.73. The van der Waals surface area contributed by atoms with Crippen LogP contribution in [0.4, 0.5) is 0 Å². The Morgan fingerprint density at radius 3 is 2.80 bits per heavy atom. The lowest BCUT2D eigenvalue weighted by molar-refractivity contribution is 0.717. The predicted molar refractivity (Wildman–Crippen MR) is 68.5 cm³/mol. The summed E-state index contributed by atoms with van der Waals surface area (Å²) >= 11 is 0. The van der Waals surface area contributed by atoms with Crippen molar-refractivity contribution in [2.75, 3.05) is 0 Å². The molecule has 1 rings (SSSR count). The van der Waals surface area contributed by atoms with E-state index >= 15 is 0 Å². The second-order valence-corrected chi connectivity index (χ2v) is 3.68. The van der Waals surface area contributed by atoms with Gasteiger partial charge in [0.05, 0.1) is 0 Å². The molecule has 1 aromatic heterocycles. The monoisotopic (exact) mass is 201 g/mol. The summed E-state index contributed by atoms with van der Waals surface area (Å²) in [5.41, 5.74) is 3.64. The summed E-state index contributed by atoms with van der Waals surface area (Å²) in [6.45, 7) is 12.0. The molecule has 0 aromatic carbocycles. The van der Waals surface area contributed by atoms with Crippen LogP contribution < -0.4 is 0 Å². The van der Waals surface area contributed by atoms with Gasteiger partial charge in [0.15, 0.2) is 0 Å². The Morgan fingerprint density at radius 2 is 2.27 bits per heavy atom. The van der Waals surface area contributed by atoms with Gasteiger partial charge in [-0.3, -0.25) is 0 Å². The number of hydrogen-bond acceptors (Lipinski definition) is 0. The van der Waals surface area contributed by atoms with E-state index in [4.69, 9.17) is 0 Å². The molecular weight excluding hydrogens is 182 g/mol. The highest BCUT2D eigenvalue weighted by molar-refractivity contribution is 5.74. The molecule has 1 N–H and O–H groups in total. The minimum absolute atomic E-state index is 0.539. The number of aromatic amines is 1. The van der Waals surface area contributed by atoms with E-state index in [2.05, 4.69) is 44.1 Å². The number of aromatic nitrogens is 1. The maximum atomic E-state index is 3.81. The van der Waals surface area contributed by atoms with E-state index in [9.17, 15) is 0 Å². The quantitative estimate of drug-likeness (QED) is 0.685. The van der Waals surface area contributed by atoms with Crippen LogP contribution in [0.25, 0.3) is 11.6 Å². The van der Waals surface area contributed by atoms with Crippen molar-refractivity contribution in [2.45, 2.75) is 20.3 Å². The first-order chi connectivity index (χ1) is 7.24. The molecule has 0 aliphatic carbocycles. The summed E-state index contributed by atoms with van der Waals surface area (Å²) in [4.78, 5) is 3.18. The van der Waals surface area contributed by atoms with Crippen molar-refractivity contribution in [3.63, 3.8) is 0 Å². The zero-order chi connectivity index (χ0) is 11.3. The maximum Gasteiger partial charge on any atom is 0.0450 e. The highest BCUT2D eigenvalue weighted by Gasteiger charge is 2.11. The Hall–Kier alpha value is -1.50. The normalized spacial score (nSPS) is 13.6. The molecule has 0 bridgehead atoms. The summed E-state index contributed by atoms with van der Waals surface area (Å²) in [6.07, 6.45) is 8.87. The van der Waals surface area contributed by atoms with Crippen molar-refractivity contribution in [3.05, 3.63) is 48.8 Å². The van der Waals surface area contributed by atoms with Crippen LogP contribution >= 0.6 is 0 Å². The van der Waals surface area contributed by atoms with Crippen LogP contribution in [0.5, 0.6) is 0 Å². The third-order valence-electron chi connectivity index (χ3n) is 2.73. The highest BCUT2D eigenvalue weighted by Crippen LogP contribution is 2.28. The van der Waals surface area contributed by atoms with Crippen molar-refractivity contribution in [1.29, 1.82) is 0 Å². The topological polar surface area (TPSA) is 15.8 Å². The Labute approximate surface area is 92.2 Å². The van der Waals surface area contributed by atoms with Gasteiger partial charge in [0, 0.05) is 17.5 Å². The van der Waals surface area contributed by atoms with E-state index in [1.165, 1.54) is 11.1 Å². The van der Waals surface area contributed by atoms with Gasteiger partial charge in [-0.05, 0) is 30.1 Å². The minimum Gasteiger partial charge on any atom is -0.361 e. The van der Waals surface area contributed by atoms with Gasteiger partial charge in [-0.15, -0.1) is 0 Å². The van der Waals surface area contributed by atoms with Crippen LogP contribution in [0.15, 0.2) is 37.6 Å². The summed E-state index contributed by atoms with van der Waals surface area (Å²) in [5.74, 6) is 0.539. The molecule has 1 atom stereocenters. The van der Waals surface area contributed by atoms with Crippen molar-refractivity contribution in [3.8, 4) is 0 Å². The molecular formula is C14H19N. The Bertz CT molecular complexity index is 368. The fourth-order valence-electron chi connectivity index (χ4n) is 1.67. The lowest BCUT2D eigenvalue weighted by Crippen LogP contribution is -1.97. The third kappa shape index (κ3) is 2.50. The summed E-state index contributed by atoms with van der Waals surface area (Å²) < 4.78 is 0. The summed E-state index contributed by atoms with van der Waals surface area (Å²) in [7, 11) is 0. The molecule has 0 saturated carbocycles. The van der Waals surface area contributed by atoms with Gasteiger partial charge in [-0.25, -0.2) is 0 Å². The van der Waals surface area contributed by atoms with E-state index in [0.29, 0.717) is 5.92 Å². The largest absolute Gasteiger partial charge is 0.361 e. The fraction of sp³-hybridized carbons (Fsp3) is 0.286. The predicted octanol–water partition coefficient (Wildman–Crippen LogP) is 4.27. The first kappa shape index (κ1) is 11.6. The molecule has 0 saturated heterocycles. The molecule has 1 aromatic rings. The molecule has 0 fully saturated rings. The van der Waals surface area contributed by atoms with Crippen LogP contribution in [0.1, 0.15) is 31.5 Å². The van der Waals surface area contributed by atoms with E-state index in [1.807, 2.05) is 18.3 Å². The molecule has 1 heterocycles. The van der Waals surface area contributed by atoms with Crippen molar-refractivity contribution < 1.29 is 0 Å². The standard InChI is InChI=1S/C14H19N/c1-5-8-12(11(4)6-2)13-9-10-15-14(13)7-3/h5,7-11,15H,1,3,6H2,2,4H3/b12-8-. The first-order valence-corrected chi connectivity index (χ1v) is 5.37. The van der Waals surface area contributed by atoms with Gasteiger partial charge in [0.1, 0.15) is 0 Å². The summed E-state index contributed by atoms with van der Waals surface area (Å²) in [5, 5.41) is 0. The van der Waals surface area contributed by atoms with Gasteiger partial charge < -0.3 is 4.98 Å². The Morgan fingerprint density at radius 1 is 1.53 bits per heavy atom. The van der Waals surface area contributed by atoms with Gasteiger partial charge in [0.2, 0.25) is 0 Å². The fourth-order valence-corrected chi connectivity index (χ4v) is 1.67. The molecule has 0 spiro atoms. The van der Waals surface area contributed by atoms with Crippen molar-refractivity contribution >= 4 is 11.6 Å². The Balaban J connectivity index is 3.15. The van der Waals surface area contributed by atoms with Crippen LogP contribution in [0.2, 0.25) is 0 Å². The van der Waals surface area contributed by atoms with Crippen molar-refractivity contribution in [2.24, 2.45) is 5.92 Å². The second-order valence-electron chi connectivity index (χ2n) is 3.68. The number of rotatable bonds is 5. The van der Waals surface area contributed by atoms with E-state index in [-0.39, 0.29) is 0 Å². The van der Waals surface area contributed by atoms with E-state index < -0.39 is 0 Å². The highest BCUT2D eigenvalue weighted by atomic mass is 14.7. The number of H-pyrrole nitrogens is 1. The average molecular weight is 201 g/mol. The van der Waals surface area contributed by atoms with Crippen LogP contribution in [0, 0.1) is 5.92 Å². The van der Waals surface area contributed by atoms with Crippen LogP contribution in [-0.4, -0.2) is 4.98 Å². The lowest BCUT2D eigenvalue weighted by atomic mass is 9.91. The van der Waals surface area contributed by atoms with Gasteiger partial charge in [-0.2, -0.15) is 0 Å². The summed E-state index contributed by atoms with van der Waals surface area (Å²) in [6, 6.07) is 2.10. The molecule has 0 aliphatic rings. The van der Waals surface area contributed by atoms with Crippen LogP contribution in [0.3, 0.4) is 0 Å². The lowest BCUT2D eigenvalue weighted by Gasteiger charge is -2.13. The molecule has 1 unspecified atom stereocenters. The minimum atomic E-state index is 0.539. The molecule has 15 heavy (non-hydrogen) atoms. The molecule has 0 radical (unpaired) electrons. The SMILES string of the molecule is C=C/C=C(\c1cc[nH]c1C=C)C(C)CC. The smallest absolute Gasteiger partial charge is 0.0450 e. The zero-order valence-corrected chi connectivity index (χ0v) is 9.59. The molecule has 0 amide bonds. The van der Waals surface area contributed by atoms with Gasteiger partial charge >= 0.3 is 0 Å². The van der Waals surface area contributed by atoms with Gasteiger partial charge in [0.25, 0.3) is 0 Å². The molecule has 0 aliphatic heterocycles. The molecule has 1 nitrogen and oxygen atoms in total. The molecule has 80 valence electrons. The van der Waals surface area contributed by atoms with Crippen LogP contribution in [-0.2, 0) is 0 Å². The van der Waals surface area contributed by atoms with Gasteiger partial charge in [-0.1, -0.05) is 39.2 Å². The zero-order valence-electron chi connectivity index (χ0n) is 9.59. The first-order valence-electron chi connectivity index (χ1n) is 5.37.